The molecule has 74 valence electrons. The summed E-state index contributed by atoms with van der Waals surface area (Å²) in [6.07, 6.45) is 8.23. The molecule has 1 nitrogen and oxygen atoms in total. The van der Waals surface area contributed by atoms with Crippen LogP contribution in [-0.4, -0.2) is 4.57 Å². The lowest BCUT2D eigenvalue weighted by molar-refractivity contribution is 0.355. The number of nitrogens with zero attached hydrogens (tertiary/aromatic N) is 1. The van der Waals surface area contributed by atoms with Crippen molar-refractivity contribution in [3.8, 4) is 0 Å². The first-order valence-electron chi connectivity index (χ1n) is 5.19. The van der Waals surface area contributed by atoms with Gasteiger partial charge >= 0.3 is 0 Å². The Labute approximate surface area is 81.8 Å². The topological polar surface area (TPSA) is 4.93 Å². The van der Waals surface area contributed by atoms with Crippen molar-refractivity contribution in [2.75, 3.05) is 0 Å². The number of rotatable bonds is 4. The molecule has 0 N–H and O–H groups in total. The minimum Gasteiger partial charge on any atom is -0.354 e. The van der Waals surface area contributed by atoms with Crippen molar-refractivity contribution >= 4 is 0 Å². The molecule has 0 atom stereocenters. The highest BCUT2D eigenvalue weighted by Gasteiger charge is 2.08. The van der Waals surface area contributed by atoms with Crippen LogP contribution in [0.4, 0.5) is 0 Å². The van der Waals surface area contributed by atoms with Crippen molar-refractivity contribution in [2.45, 2.75) is 46.6 Å². The van der Waals surface area contributed by atoms with Crippen molar-refractivity contribution in [1.29, 1.82) is 0 Å². The summed E-state index contributed by atoms with van der Waals surface area (Å²) >= 11 is 0. The third kappa shape index (κ3) is 4.76. The molecule has 1 aromatic heterocycles. The van der Waals surface area contributed by atoms with Gasteiger partial charge in [0.15, 0.2) is 0 Å². The van der Waals surface area contributed by atoms with E-state index in [0.717, 1.165) is 0 Å². The van der Waals surface area contributed by atoms with Crippen LogP contribution in [-0.2, 0) is 6.54 Å². The van der Waals surface area contributed by atoms with Crippen LogP contribution >= 0.6 is 0 Å². The van der Waals surface area contributed by atoms with Crippen LogP contribution in [0.2, 0.25) is 0 Å². The average Bonchev–Trinajstić information content (AvgIpc) is 2.48. The van der Waals surface area contributed by atoms with Crippen LogP contribution in [0.15, 0.2) is 24.5 Å². The molecule has 0 radical (unpaired) electrons. The number of aryl methyl sites for hydroxylation is 1. The van der Waals surface area contributed by atoms with Crippen LogP contribution < -0.4 is 0 Å². The zero-order valence-electron chi connectivity index (χ0n) is 9.09. The largest absolute Gasteiger partial charge is 0.354 e. The molecule has 0 aliphatic carbocycles. The normalized spacial score (nSPS) is 11.9. The van der Waals surface area contributed by atoms with Gasteiger partial charge in [0.05, 0.1) is 0 Å². The zero-order valence-corrected chi connectivity index (χ0v) is 9.09. The summed E-state index contributed by atoms with van der Waals surface area (Å²) in [5.74, 6) is 0. The first-order chi connectivity index (χ1) is 6.08. The summed E-state index contributed by atoms with van der Waals surface area (Å²) < 4.78 is 2.25. The first kappa shape index (κ1) is 10.4. The summed E-state index contributed by atoms with van der Waals surface area (Å²) in [7, 11) is 0. The fourth-order valence-electron chi connectivity index (χ4n) is 1.47. The van der Waals surface area contributed by atoms with E-state index in [9.17, 15) is 0 Å². The lowest BCUT2D eigenvalue weighted by Gasteiger charge is -2.17. The molecular weight excluding hydrogens is 158 g/mol. The maximum atomic E-state index is 2.31. The smallest absolute Gasteiger partial charge is 0.0219 e. The van der Waals surface area contributed by atoms with E-state index < -0.39 is 0 Å². The fourth-order valence-corrected chi connectivity index (χ4v) is 1.47. The van der Waals surface area contributed by atoms with Gasteiger partial charge in [-0.1, -0.05) is 27.2 Å². The minimum atomic E-state index is 0.497. The second kappa shape index (κ2) is 4.50. The maximum Gasteiger partial charge on any atom is 0.0219 e. The Morgan fingerprint density at radius 1 is 1.00 bits per heavy atom. The summed E-state index contributed by atoms with van der Waals surface area (Å²) in [5, 5.41) is 0. The summed E-state index contributed by atoms with van der Waals surface area (Å²) in [5.41, 5.74) is 0.497. The molecule has 0 saturated heterocycles. The lowest BCUT2D eigenvalue weighted by atomic mass is 9.90. The monoisotopic (exact) mass is 179 g/mol. The molecule has 0 aromatic carbocycles. The molecule has 0 amide bonds. The van der Waals surface area contributed by atoms with Crippen molar-refractivity contribution in [2.24, 2.45) is 5.41 Å². The molecule has 0 saturated carbocycles. The standard InChI is InChI=1S/C12H21N/c1-12(2,3)8-4-5-9-13-10-6-7-11-13/h6-7,10-11H,4-5,8-9H2,1-3H3. The predicted molar refractivity (Wildman–Crippen MR) is 57.7 cm³/mol. The quantitative estimate of drug-likeness (QED) is 0.621. The third-order valence-corrected chi connectivity index (χ3v) is 2.26. The van der Waals surface area contributed by atoms with Crippen LogP contribution in [0, 0.1) is 5.41 Å². The zero-order chi connectivity index (χ0) is 9.73. The fraction of sp³-hybridized carbons (Fsp3) is 0.667. The Morgan fingerprint density at radius 3 is 2.15 bits per heavy atom. The Hall–Kier alpha value is -0.720. The van der Waals surface area contributed by atoms with Crippen LogP contribution in [0.25, 0.3) is 0 Å². The van der Waals surface area contributed by atoms with Crippen LogP contribution in [0.5, 0.6) is 0 Å². The molecule has 13 heavy (non-hydrogen) atoms. The highest BCUT2D eigenvalue weighted by Crippen LogP contribution is 2.21. The second-order valence-corrected chi connectivity index (χ2v) is 4.94. The van der Waals surface area contributed by atoms with E-state index >= 15 is 0 Å². The molecule has 0 aliphatic rings. The van der Waals surface area contributed by atoms with Gasteiger partial charge in [0, 0.05) is 18.9 Å². The Bertz CT molecular complexity index is 216. The highest BCUT2D eigenvalue weighted by atomic mass is 14.9. The number of hydrogen-bond acceptors (Lipinski definition) is 0. The van der Waals surface area contributed by atoms with Gasteiger partial charge in [0.25, 0.3) is 0 Å². The maximum absolute atomic E-state index is 2.31. The van der Waals surface area contributed by atoms with Gasteiger partial charge in [0.1, 0.15) is 0 Å². The molecule has 1 heteroatoms. The van der Waals surface area contributed by atoms with Gasteiger partial charge in [0.2, 0.25) is 0 Å². The molecule has 0 spiro atoms. The average molecular weight is 179 g/mol. The number of hydrogen-bond donors (Lipinski definition) is 0. The van der Waals surface area contributed by atoms with E-state index in [4.69, 9.17) is 0 Å². The Balaban J connectivity index is 2.09. The molecule has 1 rings (SSSR count). The van der Waals surface area contributed by atoms with E-state index in [0.29, 0.717) is 5.41 Å². The van der Waals surface area contributed by atoms with Gasteiger partial charge in [-0.25, -0.2) is 0 Å². The minimum absolute atomic E-state index is 0.497. The van der Waals surface area contributed by atoms with E-state index in [-0.39, 0.29) is 0 Å². The van der Waals surface area contributed by atoms with Crippen LogP contribution in [0.3, 0.4) is 0 Å². The Kier molecular flexibility index (Phi) is 3.58. The van der Waals surface area contributed by atoms with Crippen molar-refractivity contribution in [1.82, 2.24) is 4.57 Å². The number of aromatic nitrogens is 1. The van der Waals surface area contributed by atoms with Gasteiger partial charge in [-0.15, -0.1) is 0 Å². The van der Waals surface area contributed by atoms with E-state index in [1.54, 1.807) is 0 Å². The second-order valence-electron chi connectivity index (χ2n) is 4.94. The molecular formula is C12H21N. The van der Waals surface area contributed by atoms with Crippen molar-refractivity contribution < 1.29 is 0 Å². The summed E-state index contributed by atoms with van der Waals surface area (Å²) in [6, 6.07) is 4.17. The molecule has 0 aliphatic heterocycles. The summed E-state index contributed by atoms with van der Waals surface area (Å²) in [4.78, 5) is 0. The highest BCUT2D eigenvalue weighted by molar-refractivity contribution is 4.89. The lowest BCUT2D eigenvalue weighted by Crippen LogP contribution is -2.05. The number of unbranched alkanes of at least 4 members (excludes halogenated alkanes) is 1. The molecule has 0 fully saturated rings. The molecule has 1 aromatic rings. The van der Waals surface area contributed by atoms with Gasteiger partial charge in [-0.3, -0.25) is 0 Å². The predicted octanol–water partition coefficient (Wildman–Crippen LogP) is 3.70. The third-order valence-electron chi connectivity index (χ3n) is 2.26. The summed E-state index contributed by atoms with van der Waals surface area (Å²) in [6.45, 7) is 8.09. The Morgan fingerprint density at radius 2 is 1.62 bits per heavy atom. The van der Waals surface area contributed by atoms with Crippen molar-refractivity contribution in [3.63, 3.8) is 0 Å². The molecule has 0 unspecified atom stereocenters. The van der Waals surface area contributed by atoms with E-state index in [1.807, 2.05) is 0 Å². The van der Waals surface area contributed by atoms with Crippen LogP contribution in [0.1, 0.15) is 40.0 Å². The van der Waals surface area contributed by atoms with Gasteiger partial charge < -0.3 is 4.57 Å². The van der Waals surface area contributed by atoms with E-state index in [1.165, 1.54) is 25.8 Å². The molecule has 0 bridgehead atoms. The SMILES string of the molecule is CC(C)(C)CCCCn1cccc1. The van der Waals surface area contributed by atoms with Crippen molar-refractivity contribution in [3.05, 3.63) is 24.5 Å². The first-order valence-corrected chi connectivity index (χ1v) is 5.19. The van der Waals surface area contributed by atoms with Gasteiger partial charge in [-0.2, -0.15) is 0 Å². The molecule has 1 heterocycles. The van der Waals surface area contributed by atoms with E-state index in [2.05, 4.69) is 49.9 Å². The van der Waals surface area contributed by atoms with Gasteiger partial charge in [-0.05, 0) is 30.4 Å².